The van der Waals surface area contributed by atoms with E-state index in [4.69, 9.17) is 0 Å². The van der Waals surface area contributed by atoms with Crippen LogP contribution in [0.15, 0.2) is 41.8 Å². The molecule has 0 bridgehead atoms. The lowest BCUT2D eigenvalue weighted by Crippen LogP contribution is -2.51. The van der Waals surface area contributed by atoms with Crippen LogP contribution in [0.5, 0.6) is 0 Å². The molecular formula is C20H23N3O3S. The molecule has 7 heteroatoms. The largest absolute Gasteiger partial charge is 0.339 e. The fourth-order valence-electron chi connectivity index (χ4n) is 3.01. The Morgan fingerprint density at radius 1 is 1.00 bits per heavy atom. The predicted molar refractivity (Wildman–Crippen MR) is 106 cm³/mol. The maximum absolute atomic E-state index is 12.8. The molecule has 6 nitrogen and oxygen atoms in total. The van der Waals surface area contributed by atoms with Crippen molar-refractivity contribution < 1.29 is 14.4 Å². The zero-order valence-corrected chi connectivity index (χ0v) is 16.3. The van der Waals surface area contributed by atoms with Crippen molar-refractivity contribution in [1.82, 2.24) is 9.80 Å². The zero-order chi connectivity index (χ0) is 19.4. The maximum Gasteiger partial charge on any atom is 0.265 e. The first-order chi connectivity index (χ1) is 13.0. The number of nitrogens with one attached hydrogen (secondary N) is 1. The van der Waals surface area contributed by atoms with Crippen molar-refractivity contribution >= 4 is 34.7 Å². The van der Waals surface area contributed by atoms with Gasteiger partial charge in [-0.1, -0.05) is 26.0 Å². The van der Waals surface area contributed by atoms with E-state index in [0.717, 1.165) is 0 Å². The van der Waals surface area contributed by atoms with E-state index in [9.17, 15) is 14.4 Å². The van der Waals surface area contributed by atoms with E-state index in [-0.39, 0.29) is 23.6 Å². The molecular weight excluding hydrogens is 362 g/mol. The molecule has 2 heterocycles. The normalized spacial score (nSPS) is 14.3. The molecule has 0 atom stereocenters. The molecule has 0 aliphatic carbocycles. The first-order valence-corrected chi connectivity index (χ1v) is 9.86. The van der Waals surface area contributed by atoms with Gasteiger partial charge in [0.05, 0.1) is 4.88 Å². The molecule has 1 saturated heterocycles. The number of carbonyl (C=O) groups excluding carboxylic acids is 3. The summed E-state index contributed by atoms with van der Waals surface area (Å²) in [6.07, 6.45) is 0. The van der Waals surface area contributed by atoms with Crippen molar-refractivity contribution in [3.05, 3.63) is 52.2 Å². The minimum absolute atomic E-state index is 0.0316. The van der Waals surface area contributed by atoms with Gasteiger partial charge in [0.15, 0.2) is 0 Å². The van der Waals surface area contributed by atoms with Crippen LogP contribution in [0.4, 0.5) is 5.69 Å². The molecule has 2 aromatic rings. The number of anilines is 1. The molecule has 27 heavy (non-hydrogen) atoms. The van der Waals surface area contributed by atoms with Crippen LogP contribution in [0.2, 0.25) is 0 Å². The van der Waals surface area contributed by atoms with Gasteiger partial charge >= 0.3 is 0 Å². The topological polar surface area (TPSA) is 69.7 Å². The molecule has 1 aliphatic heterocycles. The highest BCUT2D eigenvalue weighted by atomic mass is 32.1. The number of thiophene rings is 1. The van der Waals surface area contributed by atoms with Crippen molar-refractivity contribution in [2.45, 2.75) is 13.8 Å². The Hall–Kier alpha value is -2.67. The second-order valence-electron chi connectivity index (χ2n) is 6.78. The van der Waals surface area contributed by atoms with Gasteiger partial charge in [-0.2, -0.15) is 0 Å². The average Bonchev–Trinajstić information content (AvgIpc) is 3.22. The third-order valence-corrected chi connectivity index (χ3v) is 5.35. The summed E-state index contributed by atoms with van der Waals surface area (Å²) in [6, 6.07) is 10.5. The van der Waals surface area contributed by atoms with E-state index in [1.807, 2.05) is 30.2 Å². The average molecular weight is 385 g/mol. The molecule has 1 aliphatic rings. The highest BCUT2D eigenvalue weighted by Crippen LogP contribution is 2.17. The van der Waals surface area contributed by atoms with Gasteiger partial charge in [0.25, 0.3) is 11.8 Å². The van der Waals surface area contributed by atoms with Crippen LogP contribution >= 0.6 is 11.3 Å². The Kier molecular flexibility index (Phi) is 5.91. The highest BCUT2D eigenvalue weighted by molar-refractivity contribution is 7.12. The van der Waals surface area contributed by atoms with Crippen LogP contribution in [0.25, 0.3) is 0 Å². The highest BCUT2D eigenvalue weighted by Gasteiger charge is 2.26. The van der Waals surface area contributed by atoms with Crippen molar-refractivity contribution in [2.75, 3.05) is 31.5 Å². The van der Waals surface area contributed by atoms with Crippen LogP contribution in [-0.2, 0) is 4.79 Å². The SMILES string of the molecule is CC(C)C(=O)N1CCN(C(=O)c2cccc(NC(=O)c3cccs3)c2)CC1. The molecule has 142 valence electrons. The fraction of sp³-hybridized carbons (Fsp3) is 0.350. The maximum atomic E-state index is 12.8. The minimum atomic E-state index is -0.185. The second kappa shape index (κ2) is 8.35. The van der Waals surface area contributed by atoms with Crippen LogP contribution < -0.4 is 5.32 Å². The standard InChI is InChI=1S/C20H23N3O3S/c1-14(2)19(25)22-8-10-23(11-9-22)20(26)15-5-3-6-16(13-15)21-18(24)17-7-4-12-27-17/h3-7,12-14H,8-11H2,1-2H3,(H,21,24). The van der Waals surface area contributed by atoms with Gasteiger partial charge in [0.2, 0.25) is 5.91 Å². The number of carbonyl (C=O) groups is 3. The van der Waals surface area contributed by atoms with Crippen molar-refractivity contribution in [3.8, 4) is 0 Å². The zero-order valence-electron chi connectivity index (χ0n) is 15.5. The van der Waals surface area contributed by atoms with Gasteiger partial charge in [0.1, 0.15) is 0 Å². The number of rotatable bonds is 4. The van der Waals surface area contributed by atoms with Crippen molar-refractivity contribution in [3.63, 3.8) is 0 Å². The van der Waals surface area contributed by atoms with E-state index in [2.05, 4.69) is 5.32 Å². The van der Waals surface area contributed by atoms with E-state index >= 15 is 0 Å². The summed E-state index contributed by atoms with van der Waals surface area (Å²) < 4.78 is 0. The van der Waals surface area contributed by atoms with Crippen molar-refractivity contribution in [2.24, 2.45) is 5.92 Å². The number of benzene rings is 1. The molecule has 0 unspecified atom stereocenters. The van der Waals surface area contributed by atoms with E-state index in [0.29, 0.717) is 42.3 Å². The third kappa shape index (κ3) is 4.54. The van der Waals surface area contributed by atoms with Gasteiger partial charge in [-0.3, -0.25) is 14.4 Å². The second-order valence-corrected chi connectivity index (χ2v) is 7.73. The number of nitrogens with zero attached hydrogens (tertiary/aromatic N) is 2. The summed E-state index contributed by atoms with van der Waals surface area (Å²) in [6.45, 7) is 5.91. The molecule has 0 radical (unpaired) electrons. The Balaban J connectivity index is 1.62. The van der Waals surface area contributed by atoms with Gasteiger partial charge in [-0.15, -0.1) is 11.3 Å². The molecule has 1 N–H and O–H groups in total. The lowest BCUT2D eigenvalue weighted by Gasteiger charge is -2.35. The molecule has 1 aromatic carbocycles. The summed E-state index contributed by atoms with van der Waals surface area (Å²) in [5.41, 5.74) is 1.12. The predicted octanol–water partition coefficient (Wildman–Crippen LogP) is 2.94. The number of hydrogen-bond donors (Lipinski definition) is 1. The summed E-state index contributed by atoms with van der Waals surface area (Å²) in [5.74, 6) is -0.175. The summed E-state index contributed by atoms with van der Waals surface area (Å²) in [4.78, 5) is 41.2. The fourth-order valence-corrected chi connectivity index (χ4v) is 3.63. The van der Waals surface area contributed by atoms with E-state index < -0.39 is 0 Å². The first-order valence-electron chi connectivity index (χ1n) is 8.98. The lowest BCUT2D eigenvalue weighted by molar-refractivity contribution is -0.135. The van der Waals surface area contributed by atoms with Crippen LogP contribution in [-0.4, -0.2) is 53.7 Å². The Bertz CT molecular complexity index is 825. The lowest BCUT2D eigenvalue weighted by atomic mass is 10.1. The third-order valence-electron chi connectivity index (χ3n) is 4.48. The molecule has 1 fully saturated rings. The molecule has 1 aromatic heterocycles. The molecule has 0 spiro atoms. The number of piperazine rings is 1. The first kappa shape index (κ1) is 19.1. The van der Waals surface area contributed by atoms with Crippen molar-refractivity contribution in [1.29, 1.82) is 0 Å². The van der Waals surface area contributed by atoms with Crippen LogP contribution in [0.3, 0.4) is 0 Å². The minimum Gasteiger partial charge on any atom is -0.339 e. The smallest absolute Gasteiger partial charge is 0.265 e. The number of hydrogen-bond acceptors (Lipinski definition) is 4. The van der Waals surface area contributed by atoms with Gasteiger partial charge in [0, 0.05) is 43.3 Å². The van der Waals surface area contributed by atoms with Gasteiger partial charge < -0.3 is 15.1 Å². The number of amides is 3. The van der Waals surface area contributed by atoms with Gasteiger partial charge in [-0.25, -0.2) is 0 Å². The van der Waals surface area contributed by atoms with Crippen LogP contribution in [0, 0.1) is 5.92 Å². The molecule has 3 rings (SSSR count). The van der Waals surface area contributed by atoms with E-state index in [1.54, 1.807) is 35.2 Å². The Morgan fingerprint density at radius 3 is 2.33 bits per heavy atom. The Morgan fingerprint density at radius 2 is 1.70 bits per heavy atom. The Labute approximate surface area is 162 Å². The summed E-state index contributed by atoms with van der Waals surface area (Å²) >= 11 is 1.37. The quantitative estimate of drug-likeness (QED) is 0.880. The summed E-state index contributed by atoms with van der Waals surface area (Å²) in [7, 11) is 0. The molecule has 3 amide bonds. The van der Waals surface area contributed by atoms with Gasteiger partial charge in [-0.05, 0) is 29.6 Å². The molecule has 0 saturated carbocycles. The monoisotopic (exact) mass is 385 g/mol. The van der Waals surface area contributed by atoms with Crippen LogP contribution in [0.1, 0.15) is 33.9 Å². The van der Waals surface area contributed by atoms with E-state index in [1.165, 1.54) is 11.3 Å². The summed E-state index contributed by atoms with van der Waals surface area (Å²) in [5, 5.41) is 4.67.